The monoisotopic (exact) mass is 465 g/mol. The maximum atomic E-state index is 13.3. The molecule has 9 nitrogen and oxygen atoms in total. The van der Waals surface area contributed by atoms with Crippen LogP contribution in [0.4, 0.5) is 0 Å². The Bertz CT molecular complexity index is 1190. The fraction of sp³-hybridized carbons (Fsp3) is 0.360. The number of aromatic nitrogens is 2. The molecule has 1 aromatic carbocycles. The van der Waals surface area contributed by atoms with Gasteiger partial charge in [0.15, 0.2) is 5.78 Å². The zero-order valence-electron chi connectivity index (χ0n) is 18.9. The van der Waals surface area contributed by atoms with Gasteiger partial charge in [-0.1, -0.05) is 25.3 Å². The average Bonchev–Trinajstić information content (AvgIpc) is 3.50. The van der Waals surface area contributed by atoms with Crippen LogP contribution < -0.4 is 5.32 Å². The summed E-state index contributed by atoms with van der Waals surface area (Å²) in [5.41, 5.74) is 1.66. The van der Waals surface area contributed by atoms with Crippen LogP contribution in [0.3, 0.4) is 0 Å². The number of furan rings is 1. The Morgan fingerprint density at radius 1 is 1.21 bits per heavy atom. The van der Waals surface area contributed by atoms with Gasteiger partial charge in [0, 0.05) is 12.5 Å². The molecule has 3 aromatic rings. The molecule has 0 aliphatic heterocycles. The molecule has 0 saturated heterocycles. The Morgan fingerprint density at radius 3 is 2.62 bits per heavy atom. The van der Waals surface area contributed by atoms with Gasteiger partial charge in [-0.3, -0.25) is 9.59 Å². The van der Waals surface area contributed by atoms with Crippen LogP contribution in [0.2, 0.25) is 0 Å². The fourth-order valence-electron chi connectivity index (χ4n) is 4.50. The second-order valence-electron chi connectivity index (χ2n) is 8.62. The molecule has 1 amide bonds. The van der Waals surface area contributed by atoms with E-state index in [-0.39, 0.29) is 29.6 Å². The molecule has 1 atom stereocenters. The Labute approximate surface area is 196 Å². The highest BCUT2D eigenvalue weighted by atomic mass is 16.4. The molecule has 1 aliphatic rings. The lowest BCUT2D eigenvalue weighted by atomic mass is 9.94. The number of hydrogen-bond donors (Lipinski definition) is 3. The standard InChI is InChI=1S/C25H27N3O6/c1-15(29)19-11-16(7-8-22(19)30)12-20(25(32)33)27-24(31)21-13-26-23(17-9-10-34-14-17)28(21)18-5-3-2-4-6-18/h7-11,13-14,18,20,30H,2-6,12H2,1H3,(H,27,31)(H,32,33). The summed E-state index contributed by atoms with van der Waals surface area (Å²) in [6.45, 7) is 1.32. The maximum Gasteiger partial charge on any atom is 0.326 e. The number of phenols is 1. The summed E-state index contributed by atoms with van der Waals surface area (Å²) in [6, 6.07) is 4.96. The summed E-state index contributed by atoms with van der Waals surface area (Å²) in [7, 11) is 0. The minimum atomic E-state index is -1.23. The zero-order valence-corrected chi connectivity index (χ0v) is 18.9. The van der Waals surface area contributed by atoms with Gasteiger partial charge in [-0.25, -0.2) is 9.78 Å². The van der Waals surface area contributed by atoms with Crippen LogP contribution in [-0.4, -0.2) is 43.5 Å². The van der Waals surface area contributed by atoms with Crippen molar-refractivity contribution in [1.82, 2.24) is 14.9 Å². The summed E-state index contributed by atoms with van der Waals surface area (Å²) < 4.78 is 7.10. The predicted octanol–water partition coefficient (Wildman–Crippen LogP) is 3.98. The van der Waals surface area contributed by atoms with Gasteiger partial charge in [-0.15, -0.1) is 0 Å². The van der Waals surface area contributed by atoms with Gasteiger partial charge in [0.2, 0.25) is 0 Å². The van der Waals surface area contributed by atoms with Crippen molar-refractivity contribution in [2.45, 2.75) is 57.5 Å². The van der Waals surface area contributed by atoms with Gasteiger partial charge >= 0.3 is 5.97 Å². The highest BCUT2D eigenvalue weighted by Crippen LogP contribution is 2.33. The summed E-state index contributed by atoms with van der Waals surface area (Å²) in [5.74, 6) is -1.63. The number of hydrogen-bond acceptors (Lipinski definition) is 6. The molecule has 1 fully saturated rings. The quantitative estimate of drug-likeness (QED) is 0.428. The minimum Gasteiger partial charge on any atom is -0.507 e. The highest BCUT2D eigenvalue weighted by Gasteiger charge is 2.28. The number of nitrogens with one attached hydrogen (secondary N) is 1. The Balaban J connectivity index is 1.61. The summed E-state index contributed by atoms with van der Waals surface area (Å²) in [6.07, 6.45) is 9.59. The lowest BCUT2D eigenvalue weighted by Gasteiger charge is -2.26. The number of amides is 1. The fourth-order valence-corrected chi connectivity index (χ4v) is 4.50. The molecule has 0 spiro atoms. The number of rotatable bonds is 8. The second kappa shape index (κ2) is 9.94. The Kier molecular flexibility index (Phi) is 6.81. The van der Waals surface area contributed by atoms with Crippen molar-refractivity contribution < 1.29 is 29.0 Å². The van der Waals surface area contributed by atoms with E-state index in [1.165, 1.54) is 31.3 Å². The summed E-state index contributed by atoms with van der Waals surface area (Å²) in [4.78, 5) is 41.4. The Hall–Kier alpha value is -3.88. The van der Waals surface area contributed by atoms with Gasteiger partial charge < -0.3 is 24.5 Å². The van der Waals surface area contributed by atoms with Crippen molar-refractivity contribution in [2.24, 2.45) is 0 Å². The minimum absolute atomic E-state index is 0.0478. The molecular formula is C25H27N3O6. The number of benzene rings is 1. The van der Waals surface area contributed by atoms with Gasteiger partial charge in [0.25, 0.3) is 5.91 Å². The number of phenolic OH excluding ortho intramolecular Hbond substituents is 1. The number of carbonyl (C=O) groups is 3. The van der Waals surface area contributed by atoms with Crippen LogP contribution in [0.25, 0.3) is 11.4 Å². The summed E-state index contributed by atoms with van der Waals surface area (Å²) >= 11 is 0. The van der Waals surface area contributed by atoms with Crippen LogP contribution in [0, 0.1) is 0 Å². The lowest BCUT2D eigenvalue weighted by molar-refractivity contribution is -0.139. The lowest BCUT2D eigenvalue weighted by Crippen LogP contribution is -2.43. The summed E-state index contributed by atoms with van der Waals surface area (Å²) in [5, 5.41) is 22.2. The molecule has 0 bridgehead atoms. The van der Waals surface area contributed by atoms with Crippen molar-refractivity contribution in [3.8, 4) is 17.1 Å². The van der Waals surface area contributed by atoms with Crippen molar-refractivity contribution in [1.29, 1.82) is 0 Å². The van der Waals surface area contributed by atoms with E-state index in [9.17, 15) is 24.6 Å². The third kappa shape index (κ3) is 4.88. The van der Waals surface area contributed by atoms with E-state index >= 15 is 0 Å². The van der Waals surface area contributed by atoms with Crippen LogP contribution >= 0.6 is 0 Å². The third-order valence-corrected chi connectivity index (χ3v) is 6.23. The molecule has 2 aromatic heterocycles. The highest BCUT2D eigenvalue weighted by molar-refractivity contribution is 5.97. The van der Waals surface area contributed by atoms with E-state index in [2.05, 4.69) is 10.3 Å². The van der Waals surface area contributed by atoms with Crippen LogP contribution in [0.15, 0.2) is 47.4 Å². The first-order valence-corrected chi connectivity index (χ1v) is 11.3. The SMILES string of the molecule is CC(=O)c1cc(CC(NC(=O)c2cnc(-c3ccoc3)n2C2CCCCC2)C(=O)O)ccc1O. The molecule has 34 heavy (non-hydrogen) atoms. The number of Topliss-reactive ketones (excluding diaryl/α,β-unsaturated/α-hetero) is 1. The van der Waals surface area contributed by atoms with Crippen molar-refractivity contribution in [3.05, 3.63) is 59.8 Å². The molecule has 2 heterocycles. The molecule has 0 radical (unpaired) electrons. The van der Waals surface area contributed by atoms with E-state index in [1.54, 1.807) is 18.6 Å². The number of aliphatic carboxylic acids is 1. The van der Waals surface area contributed by atoms with Crippen LogP contribution in [-0.2, 0) is 11.2 Å². The molecule has 1 saturated carbocycles. The molecule has 3 N–H and O–H groups in total. The van der Waals surface area contributed by atoms with E-state index in [0.717, 1.165) is 37.7 Å². The smallest absolute Gasteiger partial charge is 0.326 e. The number of ketones is 1. The van der Waals surface area contributed by atoms with E-state index in [4.69, 9.17) is 4.42 Å². The molecule has 178 valence electrons. The second-order valence-corrected chi connectivity index (χ2v) is 8.62. The number of aromatic hydroxyl groups is 1. The first-order chi connectivity index (χ1) is 16.3. The number of carboxylic acid groups (broad SMARTS) is 1. The normalized spacial score (nSPS) is 15.1. The van der Waals surface area contributed by atoms with E-state index < -0.39 is 17.9 Å². The largest absolute Gasteiger partial charge is 0.507 e. The maximum absolute atomic E-state index is 13.3. The van der Waals surface area contributed by atoms with Crippen LogP contribution in [0.1, 0.15) is 71.5 Å². The molecular weight excluding hydrogens is 438 g/mol. The topological polar surface area (TPSA) is 135 Å². The number of nitrogens with zero attached hydrogens (tertiary/aromatic N) is 2. The molecule has 4 rings (SSSR count). The van der Waals surface area contributed by atoms with Gasteiger partial charge in [0.1, 0.15) is 29.6 Å². The van der Waals surface area contributed by atoms with Gasteiger partial charge in [-0.2, -0.15) is 0 Å². The van der Waals surface area contributed by atoms with Gasteiger partial charge in [-0.05, 0) is 43.5 Å². The Morgan fingerprint density at radius 2 is 1.97 bits per heavy atom. The van der Waals surface area contributed by atoms with Crippen LogP contribution in [0.5, 0.6) is 5.75 Å². The first kappa shape index (κ1) is 23.3. The van der Waals surface area contributed by atoms with Crippen molar-refractivity contribution in [2.75, 3.05) is 0 Å². The predicted molar refractivity (Wildman–Crippen MR) is 123 cm³/mol. The van der Waals surface area contributed by atoms with E-state index in [0.29, 0.717) is 17.1 Å². The number of carboxylic acids is 1. The van der Waals surface area contributed by atoms with E-state index in [1.807, 2.05) is 4.57 Å². The zero-order chi connectivity index (χ0) is 24.2. The average molecular weight is 466 g/mol. The first-order valence-electron chi connectivity index (χ1n) is 11.3. The molecule has 1 aliphatic carbocycles. The number of carbonyl (C=O) groups excluding carboxylic acids is 2. The molecule has 9 heteroatoms. The molecule has 1 unspecified atom stereocenters. The van der Waals surface area contributed by atoms with Crippen molar-refractivity contribution >= 4 is 17.7 Å². The van der Waals surface area contributed by atoms with Gasteiger partial charge in [0.05, 0.1) is 23.6 Å². The number of imidazole rings is 1. The van der Waals surface area contributed by atoms with Crippen molar-refractivity contribution in [3.63, 3.8) is 0 Å². The third-order valence-electron chi connectivity index (χ3n) is 6.23.